The van der Waals surface area contributed by atoms with E-state index in [0.717, 1.165) is 24.4 Å². The van der Waals surface area contributed by atoms with E-state index in [-0.39, 0.29) is 5.91 Å². The first kappa shape index (κ1) is 12.1. The fourth-order valence-electron chi connectivity index (χ4n) is 2.52. The Balaban J connectivity index is 1.74. The molecule has 0 bridgehead atoms. The summed E-state index contributed by atoms with van der Waals surface area (Å²) in [6, 6.07) is 6.10. The van der Waals surface area contributed by atoms with Gasteiger partial charge in [-0.1, -0.05) is 13.0 Å². The molecule has 2 aromatic heterocycles. The van der Waals surface area contributed by atoms with Crippen LogP contribution < -0.4 is 5.32 Å². The Bertz CT molecular complexity index is 619. The lowest BCUT2D eigenvalue weighted by Crippen LogP contribution is -2.24. The van der Waals surface area contributed by atoms with Crippen LogP contribution in [0.1, 0.15) is 37.2 Å². The van der Waals surface area contributed by atoms with Crippen LogP contribution in [0.2, 0.25) is 0 Å². The standard InChI is InChI=1S/C14H18N4O/c1-3-14(19)15-8-10-7-11(10)12-5-4-6-13-16-9(2)17-18(12)13/h4-6,10-11H,3,7-8H2,1-2H3,(H,15,19). The third-order valence-electron chi connectivity index (χ3n) is 3.68. The molecule has 1 aliphatic rings. The van der Waals surface area contributed by atoms with Crippen molar-refractivity contribution in [3.8, 4) is 0 Å². The lowest BCUT2D eigenvalue weighted by molar-refractivity contribution is -0.120. The first-order valence-corrected chi connectivity index (χ1v) is 6.78. The van der Waals surface area contributed by atoms with Crippen molar-refractivity contribution in [3.63, 3.8) is 0 Å². The fraction of sp³-hybridized carbons (Fsp3) is 0.500. The zero-order valence-corrected chi connectivity index (χ0v) is 11.3. The third-order valence-corrected chi connectivity index (χ3v) is 3.68. The molecule has 3 rings (SSSR count). The second-order valence-electron chi connectivity index (χ2n) is 5.14. The number of carbonyl (C=O) groups is 1. The highest BCUT2D eigenvalue weighted by Gasteiger charge is 2.40. The van der Waals surface area contributed by atoms with Crippen LogP contribution >= 0.6 is 0 Å². The summed E-state index contributed by atoms with van der Waals surface area (Å²) in [6.07, 6.45) is 1.66. The third kappa shape index (κ3) is 2.32. The first-order chi connectivity index (χ1) is 9.19. The number of pyridine rings is 1. The van der Waals surface area contributed by atoms with Crippen molar-refractivity contribution in [3.05, 3.63) is 29.7 Å². The minimum absolute atomic E-state index is 0.125. The van der Waals surface area contributed by atoms with Gasteiger partial charge in [-0.05, 0) is 31.4 Å². The Kier molecular flexibility index (Phi) is 2.97. The molecule has 0 aliphatic heterocycles. The summed E-state index contributed by atoms with van der Waals surface area (Å²) >= 11 is 0. The normalized spacial score (nSPS) is 21.6. The van der Waals surface area contributed by atoms with Crippen LogP contribution in [0.4, 0.5) is 0 Å². The highest BCUT2D eigenvalue weighted by molar-refractivity contribution is 5.75. The van der Waals surface area contributed by atoms with Crippen molar-refractivity contribution in [2.45, 2.75) is 32.6 Å². The van der Waals surface area contributed by atoms with Gasteiger partial charge < -0.3 is 5.32 Å². The van der Waals surface area contributed by atoms with Crippen molar-refractivity contribution in [1.29, 1.82) is 0 Å². The summed E-state index contributed by atoms with van der Waals surface area (Å²) in [5.74, 6) is 1.94. The predicted octanol–water partition coefficient (Wildman–Crippen LogP) is 1.67. The van der Waals surface area contributed by atoms with Gasteiger partial charge in [-0.15, -0.1) is 0 Å². The molecule has 1 amide bonds. The van der Waals surface area contributed by atoms with Gasteiger partial charge in [0.1, 0.15) is 5.82 Å². The maximum atomic E-state index is 11.3. The summed E-state index contributed by atoms with van der Waals surface area (Å²) in [5.41, 5.74) is 2.10. The molecule has 2 aromatic rings. The average molecular weight is 258 g/mol. The quantitative estimate of drug-likeness (QED) is 0.907. The van der Waals surface area contributed by atoms with Gasteiger partial charge in [0.05, 0.1) is 0 Å². The van der Waals surface area contributed by atoms with Crippen molar-refractivity contribution in [2.24, 2.45) is 5.92 Å². The van der Waals surface area contributed by atoms with Gasteiger partial charge in [-0.3, -0.25) is 4.79 Å². The molecule has 100 valence electrons. The molecule has 1 aliphatic carbocycles. The number of nitrogens with zero attached hydrogens (tertiary/aromatic N) is 3. The molecule has 0 radical (unpaired) electrons. The van der Waals surface area contributed by atoms with Crippen LogP contribution in [0.25, 0.3) is 5.65 Å². The minimum Gasteiger partial charge on any atom is -0.356 e. The van der Waals surface area contributed by atoms with Crippen LogP contribution in [0.5, 0.6) is 0 Å². The topological polar surface area (TPSA) is 59.3 Å². The maximum Gasteiger partial charge on any atom is 0.219 e. The second-order valence-corrected chi connectivity index (χ2v) is 5.14. The van der Waals surface area contributed by atoms with Crippen LogP contribution in [0.15, 0.2) is 18.2 Å². The molecule has 0 spiro atoms. The first-order valence-electron chi connectivity index (χ1n) is 6.78. The van der Waals surface area contributed by atoms with Crippen molar-refractivity contribution >= 4 is 11.6 Å². The molecule has 2 unspecified atom stereocenters. The number of hydrogen-bond donors (Lipinski definition) is 1. The van der Waals surface area contributed by atoms with E-state index >= 15 is 0 Å². The van der Waals surface area contributed by atoms with E-state index in [9.17, 15) is 4.79 Å². The smallest absolute Gasteiger partial charge is 0.219 e. The lowest BCUT2D eigenvalue weighted by atomic mass is 10.2. The second kappa shape index (κ2) is 4.64. The monoisotopic (exact) mass is 258 g/mol. The summed E-state index contributed by atoms with van der Waals surface area (Å²) < 4.78 is 1.93. The molecule has 0 saturated heterocycles. The van der Waals surface area contributed by atoms with Crippen LogP contribution in [-0.4, -0.2) is 27.0 Å². The largest absolute Gasteiger partial charge is 0.356 e. The van der Waals surface area contributed by atoms with Gasteiger partial charge in [-0.25, -0.2) is 9.50 Å². The highest BCUT2D eigenvalue weighted by Crippen LogP contribution is 2.46. The number of fused-ring (bicyclic) bond motifs is 1. The fourth-order valence-corrected chi connectivity index (χ4v) is 2.52. The van der Waals surface area contributed by atoms with Gasteiger partial charge in [0.25, 0.3) is 0 Å². The van der Waals surface area contributed by atoms with Crippen LogP contribution in [0.3, 0.4) is 0 Å². The van der Waals surface area contributed by atoms with Crippen molar-refractivity contribution < 1.29 is 4.79 Å². The average Bonchev–Trinajstić information content (AvgIpc) is 3.07. The summed E-state index contributed by atoms with van der Waals surface area (Å²) in [7, 11) is 0. The molecule has 1 fully saturated rings. The Hall–Kier alpha value is -1.91. The van der Waals surface area contributed by atoms with Crippen molar-refractivity contribution in [2.75, 3.05) is 6.54 Å². The molecule has 0 aromatic carbocycles. The number of carbonyl (C=O) groups excluding carboxylic acids is 1. The molecule has 19 heavy (non-hydrogen) atoms. The summed E-state index contributed by atoms with van der Waals surface area (Å²) in [5, 5.41) is 7.40. The van der Waals surface area contributed by atoms with Gasteiger partial charge in [0, 0.05) is 24.6 Å². The molecule has 2 heterocycles. The number of aromatic nitrogens is 3. The number of amides is 1. The van der Waals surface area contributed by atoms with E-state index in [1.807, 2.05) is 30.5 Å². The van der Waals surface area contributed by atoms with Crippen molar-refractivity contribution in [1.82, 2.24) is 19.9 Å². The molecular formula is C14H18N4O. The van der Waals surface area contributed by atoms with E-state index in [1.165, 1.54) is 5.69 Å². The Morgan fingerprint density at radius 3 is 3.16 bits per heavy atom. The van der Waals surface area contributed by atoms with Gasteiger partial charge in [0.2, 0.25) is 5.91 Å². The Morgan fingerprint density at radius 2 is 2.37 bits per heavy atom. The molecule has 2 atom stereocenters. The number of rotatable bonds is 4. The Morgan fingerprint density at radius 1 is 1.53 bits per heavy atom. The SMILES string of the molecule is CCC(=O)NCC1CC1c1cccc2nc(C)nn12. The molecular weight excluding hydrogens is 240 g/mol. The number of nitrogens with one attached hydrogen (secondary N) is 1. The van der Waals surface area contributed by atoms with Gasteiger partial charge in [-0.2, -0.15) is 5.10 Å². The zero-order chi connectivity index (χ0) is 13.4. The van der Waals surface area contributed by atoms with E-state index < -0.39 is 0 Å². The Labute approximate surface area is 112 Å². The zero-order valence-electron chi connectivity index (χ0n) is 11.3. The lowest BCUT2D eigenvalue weighted by Gasteiger charge is -2.04. The molecule has 5 heteroatoms. The summed E-state index contributed by atoms with van der Waals surface area (Å²) in [6.45, 7) is 4.54. The number of hydrogen-bond acceptors (Lipinski definition) is 3. The van der Waals surface area contributed by atoms with Crippen LogP contribution in [-0.2, 0) is 4.79 Å². The van der Waals surface area contributed by atoms with E-state index in [1.54, 1.807) is 0 Å². The molecule has 1 saturated carbocycles. The molecule has 1 N–H and O–H groups in total. The molecule has 5 nitrogen and oxygen atoms in total. The summed E-state index contributed by atoms with van der Waals surface area (Å²) in [4.78, 5) is 15.6. The van der Waals surface area contributed by atoms with Crippen LogP contribution in [0, 0.1) is 12.8 Å². The van der Waals surface area contributed by atoms with E-state index in [2.05, 4.69) is 21.5 Å². The van der Waals surface area contributed by atoms with E-state index in [0.29, 0.717) is 18.3 Å². The van der Waals surface area contributed by atoms with E-state index in [4.69, 9.17) is 0 Å². The highest BCUT2D eigenvalue weighted by atomic mass is 16.1. The van der Waals surface area contributed by atoms with Gasteiger partial charge >= 0.3 is 0 Å². The predicted molar refractivity (Wildman–Crippen MR) is 71.9 cm³/mol. The minimum atomic E-state index is 0.125. The van der Waals surface area contributed by atoms with Gasteiger partial charge in [0.15, 0.2) is 5.65 Å². The number of aryl methyl sites for hydroxylation is 1. The maximum absolute atomic E-state index is 11.3.